The maximum Gasteiger partial charge on any atom is 0.296 e. The van der Waals surface area contributed by atoms with E-state index in [1.54, 1.807) is 11.3 Å². The molecule has 0 aliphatic heterocycles. The van der Waals surface area contributed by atoms with Gasteiger partial charge in [0.1, 0.15) is 11.2 Å². The van der Waals surface area contributed by atoms with Crippen LogP contribution in [0.3, 0.4) is 0 Å². The Morgan fingerprint density at radius 2 is 1.53 bits per heavy atom. The zero-order chi connectivity index (χ0) is 32.8. The van der Waals surface area contributed by atoms with Gasteiger partial charge < -0.3 is 4.42 Å². The number of fused-ring (bicyclic) bond motifs is 6. The summed E-state index contributed by atoms with van der Waals surface area (Å²) in [5.41, 5.74) is 11.1. The van der Waals surface area contributed by atoms with E-state index in [1.165, 1.54) is 39.0 Å². The van der Waals surface area contributed by atoms with Gasteiger partial charge in [0.15, 0.2) is 22.5 Å². The summed E-state index contributed by atoms with van der Waals surface area (Å²) in [6, 6.07) is 21.8. The fourth-order valence-corrected chi connectivity index (χ4v) is 8.03. The number of oxazole rings is 1. The first-order valence-corrected chi connectivity index (χ1v) is 16.0. The van der Waals surface area contributed by atoms with Crippen molar-refractivity contribution in [2.45, 2.75) is 73.1 Å². The summed E-state index contributed by atoms with van der Waals surface area (Å²) in [5.74, 6) is 1.96. The molecule has 0 atom stereocenters. The van der Waals surface area contributed by atoms with E-state index >= 15 is 0 Å². The zero-order valence-electron chi connectivity index (χ0n) is 29.2. The number of aromatic nitrogens is 3. The van der Waals surface area contributed by atoms with Crippen molar-refractivity contribution in [3.8, 4) is 17.1 Å². The highest BCUT2D eigenvalue weighted by atomic mass is 32.1. The standard InChI is InChI=1S/C38H40N3OS/c1-20(2)25-18-28(21(3)4)34(29(19-25)22(5)6)41-32-13-11-10-12-31(32)40(9)38(41)33-23(7)14-15-26-27-16-17-30-35(42-24(8)39-30)37(27)43-36(26)33/h10-22H,1-9H3/q+1/i8D3. The maximum absolute atomic E-state index is 7.88. The number of para-hydroxylation sites is 2. The summed E-state index contributed by atoms with van der Waals surface area (Å²) in [5, 5.41) is 2.16. The van der Waals surface area contributed by atoms with Crippen LogP contribution in [0.15, 0.2) is 65.1 Å². The van der Waals surface area contributed by atoms with Gasteiger partial charge >= 0.3 is 0 Å². The molecule has 0 fully saturated rings. The molecule has 0 aliphatic carbocycles. The van der Waals surface area contributed by atoms with Gasteiger partial charge in [-0.25, -0.2) is 9.55 Å². The highest BCUT2D eigenvalue weighted by Crippen LogP contribution is 2.46. The molecule has 0 amide bonds. The van der Waals surface area contributed by atoms with Gasteiger partial charge in [-0.05, 0) is 54.0 Å². The predicted molar refractivity (Wildman–Crippen MR) is 182 cm³/mol. The summed E-state index contributed by atoms with van der Waals surface area (Å²) in [4.78, 5) is 4.34. The summed E-state index contributed by atoms with van der Waals surface area (Å²) < 4.78 is 36.5. The molecule has 0 unspecified atom stereocenters. The van der Waals surface area contributed by atoms with Gasteiger partial charge in [0.2, 0.25) is 0 Å². The number of hydrogen-bond donors (Lipinski definition) is 0. The van der Waals surface area contributed by atoms with Gasteiger partial charge in [-0.2, -0.15) is 4.57 Å². The average Bonchev–Trinajstić information content (AvgIpc) is 3.68. The lowest BCUT2D eigenvalue weighted by Gasteiger charge is -2.22. The summed E-state index contributed by atoms with van der Waals surface area (Å²) in [6.07, 6.45) is 0. The van der Waals surface area contributed by atoms with E-state index in [-0.39, 0.29) is 5.89 Å². The molecule has 0 saturated heterocycles. The largest absolute Gasteiger partial charge is 0.439 e. The van der Waals surface area contributed by atoms with Crippen molar-refractivity contribution in [3.63, 3.8) is 0 Å². The van der Waals surface area contributed by atoms with E-state index in [0.29, 0.717) is 28.9 Å². The monoisotopic (exact) mass is 589 g/mol. The van der Waals surface area contributed by atoms with Crippen LogP contribution >= 0.6 is 11.3 Å². The maximum atomic E-state index is 7.88. The molecular formula is C38H40N3OS+. The Morgan fingerprint density at radius 1 is 0.860 bits per heavy atom. The molecule has 0 saturated carbocycles. The van der Waals surface area contributed by atoms with E-state index in [0.717, 1.165) is 31.5 Å². The molecule has 4 nitrogen and oxygen atoms in total. The van der Waals surface area contributed by atoms with Crippen molar-refractivity contribution in [2.75, 3.05) is 0 Å². The molecule has 7 aromatic rings. The molecule has 7 rings (SSSR count). The van der Waals surface area contributed by atoms with Crippen LogP contribution in [-0.4, -0.2) is 9.55 Å². The second-order valence-corrected chi connectivity index (χ2v) is 13.8. The lowest BCUT2D eigenvalue weighted by Crippen LogP contribution is -2.30. The highest BCUT2D eigenvalue weighted by molar-refractivity contribution is 7.27. The first-order valence-electron chi connectivity index (χ1n) is 16.7. The van der Waals surface area contributed by atoms with Crippen LogP contribution < -0.4 is 4.57 Å². The van der Waals surface area contributed by atoms with Gasteiger partial charge in [-0.15, -0.1) is 11.3 Å². The molecule has 0 aliphatic rings. The van der Waals surface area contributed by atoms with Gasteiger partial charge in [-0.3, -0.25) is 0 Å². The Kier molecular flexibility index (Phi) is 5.72. The van der Waals surface area contributed by atoms with E-state index in [2.05, 4.69) is 124 Å². The summed E-state index contributed by atoms with van der Waals surface area (Å²) in [6.45, 7) is 13.5. The first kappa shape index (κ1) is 24.5. The smallest absolute Gasteiger partial charge is 0.296 e. The topological polar surface area (TPSA) is 34.8 Å². The molecule has 0 radical (unpaired) electrons. The second kappa shape index (κ2) is 10.1. The van der Waals surface area contributed by atoms with Gasteiger partial charge in [-0.1, -0.05) is 84.0 Å². The number of rotatable bonds is 5. The van der Waals surface area contributed by atoms with Gasteiger partial charge in [0, 0.05) is 32.9 Å². The minimum absolute atomic E-state index is 0.220. The van der Waals surface area contributed by atoms with Crippen LogP contribution in [0, 0.1) is 13.8 Å². The van der Waals surface area contributed by atoms with Crippen molar-refractivity contribution >= 4 is 53.6 Å². The molecular weight excluding hydrogens is 547 g/mol. The molecule has 5 heteroatoms. The van der Waals surface area contributed by atoms with Crippen LogP contribution in [0.5, 0.6) is 0 Å². The minimum atomic E-state index is -2.41. The van der Waals surface area contributed by atoms with Crippen molar-refractivity contribution in [3.05, 3.63) is 88.8 Å². The quantitative estimate of drug-likeness (QED) is 0.187. The van der Waals surface area contributed by atoms with Crippen LogP contribution in [0.2, 0.25) is 0 Å². The zero-order valence-corrected chi connectivity index (χ0v) is 27.0. The van der Waals surface area contributed by atoms with Crippen LogP contribution in [-0.2, 0) is 7.05 Å². The number of hydrogen-bond acceptors (Lipinski definition) is 3. The number of benzene rings is 4. The molecule has 218 valence electrons. The Morgan fingerprint density at radius 3 is 2.21 bits per heavy atom. The number of nitrogens with zero attached hydrogens (tertiary/aromatic N) is 3. The van der Waals surface area contributed by atoms with Crippen molar-refractivity contribution in [2.24, 2.45) is 7.05 Å². The fraction of sp³-hybridized carbons (Fsp3) is 0.316. The number of imidazole rings is 1. The van der Waals surface area contributed by atoms with Crippen molar-refractivity contribution in [1.29, 1.82) is 0 Å². The number of aryl methyl sites for hydroxylation is 3. The normalized spacial score (nSPS) is 13.8. The van der Waals surface area contributed by atoms with Crippen molar-refractivity contribution < 1.29 is 13.1 Å². The summed E-state index contributed by atoms with van der Waals surface area (Å²) in [7, 11) is 2.17. The average molecular weight is 590 g/mol. The Balaban J connectivity index is 1.64. The Bertz CT molecular complexity index is 2290. The van der Waals surface area contributed by atoms with Crippen LogP contribution in [0.25, 0.3) is 59.4 Å². The third-order valence-corrected chi connectivity index (χ3v) is 10.2. The van der Waals surface area contributed by atoms with Gasteiger partial charge in [0.25, 0.3) is 5.82 Å². The van der Waals surface area contributed by atoms with E-state index in [1.807, 2.05) is 6.07 Å². The van der Waals surface area contributed by atoms with Crippen molar-refractivity contribution in [1.82, 2.24) is 9.55 Å². The Labute approximate surface area is 261 Å². The van der Waals surface area contributed by atoms with Crippen LogP contribution in [0.4, 0.5) is 0 Å². The second-order valence-electron chi connectivity index (χ2n) is 12.8. The molecule has 3 heterocycles. The third-order valence-electron chi connectivity index (χ3n) is 8.94. The lowest BCUT2D eigenvalue weighted by atomic mass is 9.87. The van der Waals surface area contributed by atoms with E-state index in [4.69, 9.17) is 8.53 Å². The third kappa shape index (κ3) is 4.16. The minimum Gasteiger partial charge on any atom is -0.439 e. The molecule has 0 bridgehead atoms. The number of thiophene rings is 1. The van der Waals surface area contributed by atoms with E-state index in [9.17, 15) is 0 Å². The highest BCUT2D eigenvalue weighted by Gasteiger charge is 2.33. The predicted octanol–water partition coefficient (Wildman–Crippen LogP) is 10.6. The van der Waals surface area contributed by atoms with Crippen LogP contribution in [0.1, 0.15) is 91.6 Å². The molecule has 0 spiro atoms. The molecule has 3 aromatic heterocycles. The lowest BCUT2D eigenvalue weighted by molar-refractivity contribution is -0.633. The Hall–Kier alpha value is -3.96. The fourth-order valence-electron chi connectivity index (χ4n) is 6.66. The van der Waals surface area contributed by atoms with E-state index < -0.39 is 6.85 Å². The summed E-state index contributed by atoms with van der Waals surface area (Å²) >= 11 is 1.66. The SMILES string of the molecule is [2H]C([2H])([2H])c1nc2ccc3c4ccc(C)c(-c5n(-c6c(C(C)C)cc(C(C)C)cc6C(C)C)c6ccccc6[n+]5C)c4sc3c2o1. The molecule has 0 N–H and O–H groups in total. The molecule has 4 aromatic carbocycles. The van der Waals surface area contributed by atoms with Gasteiger partial charge in [0.05, 0.1) is 22.0 Å². The molecule has 43 heavy (non-hydrogen) atoms. The first-order chi connectivity index (χ1) is 21.8.